The number of carbonyl (C=O) groups is 1. The minimum Gasteiger partial charge on any atom is -0.508 e. The second-order valence-electron chi connectivity index (χ2n) is 4.27. The molecule has 0 saturated heterocycles. The zero-order valence-corrected chi connectivity index (χ0v) is 10.7. The molecular weight excluding hydrogens is 244 g/mol. The van der Waals surface area contributed by atoms with Crippen LogP contribution in [0.5, 0.6) is 5.75 Å². The van der Waals surface area contributed by atoms with Gasteiger partial charge in [-0.3, -0.25) is 9.48 Å². The third-order valence-electron chi connectivity index (χ3n) is 2.78. The molecule has 1 aromatic heterocycles. The van der Waals surface area contributed by atoms with Gasteiger partial charge in [-0.2, -0.15) is 0 Å². The van der Waals surface area contributed by atoms with E-state index in [1.54, 1.807) is 36.1 Å². The minimum absolute atomic E-state index is 0.129. The van der Waals surface area contributed by atoms with Crippen molar-refractivity contribution < 1.29 is 9.90 Å². The molecule has 2 rings (SSSR count). The molecule has 0 bridgehead atoms. The van der Waals surface area contributed by atoms with Crippen LogP contribution >= 0.6 is 0 Å². The Bertz CT molecular complexity index is 552. The lowest BCUT2D eigenvalue weighted by molar-refractivity contribution is 0.0952. The van der Waals surface area contributed by atoms with Crippen LogP contribution in [0, 0.1) is 6.92 Å². The van der Waals surface area contributed by atoms with Gasteiger partial charge in [-0.15, -0.1) is 5.10 Å². The Balaban J connectivity index is 1.81. The Labute approximate surface area is 111 Å². The average molecular weight is 260 g/mol. The summed E-state index contributed by atoms with van der Waals surface area (Å²) in [4.78, 5) is 11.9. The van der Waals surface area contributed by atoms with Crippen LogP contribution in [0.3, 0.4) is 0 Å². The van der Waals surface area contributed by atoms with Gasteiger partial charge in [0.2, 0.25) is 0 Å². The van der Waals surface area contributed by atoms with Crippen molar-refractivity contribution in [1.29, 1.82) is 0 Å². The van der Waals surface area contributed by atoms with Gasteiger partial charge in [-0.1, -0.05) is 5.21 Å². The van der Waals surface area contributed by atoms with Crippen LogP contribution in [0.4, 0.5) is 0 Å². The number of hydrogen-bond acceptors (Lipinski definition) is 4. The highest BCUT2D eigenvalue weighted by atomic mass is 16.3. The first-order valence-electron chi connectivity index (χ1n) is 6.09. The molecule has 0 unspecified atom stereocenters. The predicted molar refractivity (Wildman–Crippen MR) is 69.8 cm³/mol. The maximum atomic E-state index is 11.9. The van der Waals surface area contributed by atoms with Crippen molar-refractivity contribution in [2.75, 3.05) is 6.54 Å². The van der Waals surface area contributed by atoms with Gasteiger partial charge in [0.05, 0.1) is 6.20 Å². The summed E-state index contributed by atoms with van der Waals surface area (Å²) >= 11 is 0. The molecule has 2 N–H and O–H groups in total. The van der Waals surface area contributed by atoms with Gasteiger partial charge in [0.15, 0.2) is 0 Å². The van der Waals surface area contributed by atoms with E-state index < -0.39 is 0 Å². The fourth-order valence-corrected chi connectivity index (χ4v) is 1.79. The van der Waals surface area contributed by atoms with E-state index in [-0.39, 0.29) is 11.7 Å². The van der Waals surface area contributed by atoms with Crippen molar-refractivity contribution >= 4 is 5.91 Å². The summed E-state index contributed by atoms with van der Waals surface area (Å²) < 4.78 is 1.72. The molecule has 0 saturated carbocycles. The SMILES string of the molecule is Cc1cc(O)ccc1C(=O)NCCCn1ccnn1. The van der Waals surface area contributed by atoms with Crippen LogP contribution in [-0.4, -0.2) is 32.6 Å². The van der Waals surface area contributed by atoms with Crippen molar-refractivity contribution in [1.82, 2.24) is 20.3 Å². The lowest BCUT2D eigenvalue weighted by Crippen LogP contribution is -2.26. The third-order valence-corrected chi connectivity index (χ3v) is 2.78. The van der Waals surface area contributed by atoms with Gasteiger partial charge in [0.1, 0.15) is 5.75 Å². The Kier molecular flexibility index (Phi) is 4.12. The number of hydrogen-bond donors (Lipinski definition) is 2. The van der Waals surface area contributed by atoms with Gasteiger partial charge in [0.25, 0.3) is 5.91 Å². The second-order valence-corrected chi connectivity index (χ2v) is 4.27. The number of rotatable bonds is 5. The van der Waals surface area contributed by atoms with Gasteiger partial charge >= 0.3 is 0 Å². The van der Waals surface area contributed by atoms with Crippen molar-refractivity contribution in [3.63, 3.8) is 0 Å². The number of nitrogens with zero attached hydrogens (tertiary/aromatic N) is 3. The second kappa shape index (κ2) is 5.99. The largest absolute Gasteiger partial charge is 0.508 e. The number of amides is 1. The van der Waals surface area contributed by atoms with Crippen LogP contribution in [-0.2, 0) is 6.54 Å². The van der Waals surface area contributed by atoms with E-state index in [0.717, 1.165) is 18.5 Å². The Morgan fingerprint density at radius 1 is 1.47 bits per heavy atom. The zero-order chi connectivity index (χ0) is 13.7. The molecule has 1 amide bonds. The number of aryl methyl sites for hydroxylation is 2. The molecule has 6 heteroatoms. The van der Waals surface area contributed by atoms with Crippen molar-refractivity contribution in [3.8, 4) is 5.75 Å². The van der Waals surface area contributed by atoms with E-state index in [0.29, 0.717) is 12.1 Å². The molecule has 0 radical (unpaired) electrons. The number of aromatic nitrogens is 3. The van der Waals surface area contributed by atoms with Gasteiger partial charge < -0.3 is 10.4 Å². The number of aromatic hydroxyl groups is 1. The molecule has 2 aromatic rings. The van der Waals surface area contributed by atoms with E-state index >= 15 is 0 Å². The number of nitrogens with one attached hydrogen (secondary N) is 1. The van der Waals surface area contributed by atoms with Crippen molar-refractivity contribution in [2.45, 2.75) is 19.9 Å². The van der Waals surface area contributed by atoms with E-state index in [1.165, 1.54) is 6.07 Å². The highest BCUT2D eigenvalue weighted by molar-refractivity contribution is 5.95. The zero-order valence-electron chi connectivity index (χ0n) is 10.7. The molecule has 100 valence electrons. The maximum Gasteiger partial charge on any atom is 0.251 e. The number of carbonyl (C=O) groups excluding carboxylic acids is 1. The number of phenols is 1. The first-order valence-corrected chi connectivity index (χ1v) is 6.09. The molecule has 0 atom stereocenters. The van der Waals surface area contributed by atoms with Crippen LogP contribution in [0.1, 0.15) is 22.3 Å². The summed E-state index contributed by atoms with van der Waals surface area (Å²) in [5, 5.41) is 19.7. The molecular formula is C13H16N4O2. The summed E-state index contributed by atoms with van der Waals surface area (Å²) in [6, 6.07) is 4.71. The third kappa shape index (κ3) is 3.54. The van der Waals surface area contributed by atoms with Crippen molar-refractivity contribution in [3.05, 3.63) is 41.7 Å². The summed E-state index contributed by atoms with van der Waals surface area (Å²) in [5.41, 5.74) is 1.34. The Morgan fingerprint density at radius 3 is 3.00 bits per heavy atom. The highest BCUT2D eigenvalue weighted by Gasteiger charge is 2.08. The van der Waals surface area contributed by atoms with E-state index in [4.69, 9.17) is 0 Å². The Morgan fingerprint density at radius 2 is 2.32 bits per heavy atom. The summed E-state index contributed by atoms with van der Waals surface area (Å²) in [7, 11) is 0. The monoisotopic (exact) mass is 260 g/mol. The van der Waals surface area contributed by atoms with Gasteiger partial charge in [-0.05, 0) is 37.1 Å². The summed E-state index contributed by atoms with van der Waals surface area (Å²) in [6.07, 6.45) is 4.19. The predicted octanol–water partition coefficient (Wildman–Crippen LogP) is 1.11. The van der Waals surface area contributed by atoms with Crippen LogP contribution < -0.4 is 5.32 Å². The minimum atomic E-state index is -0.129. The van der Waals surface area contributed by atoms with E-state index in [1.807, 2.05) is 0 Å². The fraction of sp³-hybridized carbons (Fsp3) is 0.308. The Hall–Kier alpha value is -2.37. The normalized spacial score (nSPS) is 10.4. The fourth-order valence-electron chi connectivity index (χ4n) is 1.79. The lowest BCUT2D eigenvalue weighted by Gasteiger charge is -2.08. The van der Waals surface area contributed by atoms with Crippen LogP contribution in [0.25, 0.3) is 0 Å². The number of benzene rings is 1. The topological polar surface area (TPSA) is 80.0 Å². The van der Waals surface area contributed by atoms with Gasteiger partial charge in [-0.25, -0.2) is 0 Å². The van der Waals surface area contributed by atoms with Crippen LogP contribution in [0.15, 0.2) is 30.6 Å². The molecule has 1 aromatic carbocycles. The number of phenolic OH excluding ortho intramolecular Hbond substituents is 1. The first-order chi connectivity index (χ1) is 9.16. The molecule has 0 fully saturated rings. The van der Waals surface area contributed by atoms with Crippen LogP contribution in [0.2, 0.25) is 0 Å². The molecule has 0 aliphatic carbocycles. The average Bonchev–Trinajstić information content (AvgIpc) is 2.87. The highest BCUT2D eigenvalue weighted by Crippen LogP contribution is 2.15. The van der Waals surface area contributed by atoms with E-state index in [9.17, 15) is 9.90 Å². The standard InChI is InChI=1S/C13H16N4O2/c1-10-9-11(18)3-4-12(10)13(19)14-5-2-7-17-8-6-15-16-17/h3-4,6,8-9,18H,2,5,7H2,1H3,(H,14,19). The molecule has 6 nitrogen and oxygen atoms in total. The first kappa shape index (κ1) is 13.1. The summed E-state index contributed by atoms with van der Waals surface area (Å²) in [5.74, 6) is 0.0383. The van der Waals surface area contributed by atoms with E-state index in [2.05, 4.69) is 15.6 Å². The van der Waals surface area contributed by atoms with Crippen molar-refractivity contribution in [2.24, 2.45) is 0 Å². The van der Waals surface area contributed by atoms with Gasteiger partial charge in [0, 0.05) is 24.8 Å². The molecule has 0 spiro atoms. The maximum absolute atomic E-state index is 11.9. The summed E-state index contributed by atoms with van der Waals surface area (Å²) in [6.45, 7) is 3.08. The quantitative estimate of drug-likeness (QED) is 0.789. The molecule has 0 aliphatic rings. The smallest absolute Gasteiger partial charge is 0.251 e. The molecule has 0 aliphatic heterocycles. The lowest BCUT2D eigenvalue weighted by atomic mass is 10.1. The molecule has 19 heavy (non-hydrogen) atoms. The molecule has 1 heterocycles.